The molecule has 0 saturated heterocycles. The third kappa shape index (κ3) is 3.85. The minimum absolute atomic E-state index is 0.325. The second kappa shape index (κ2) is 6.76. The first-order chi connectivity index (χ1) is 8.56. The molecule has 0 aliphatic heterocycles. The number of hydrogen-bond donors (Lipinski definition) is 3. The maximum absolute atomic E-state index is 11.8. The molecule has 1 rings (SSSR count). The Hall–Kier alpha value is -1.88. The number of rotatable bonds is 6. The molecule has 5 heteroatoms. The van der Waals surface area contributed by atoms with Gasteiger partial charge in [-0.1, -0.05) is 31.5 Å². The van der Waals surface area contributed by atoms with Crippen LogP contribution in [0.3, 0.4) is 0 Å². The number of carbonyl (C=O) groups excluding carboxylic acids is 1. The van der Waals surface area contributed by atoms with E-state index in [4.69, 9.17) is 5.11 Å². The van der Waals surface area contributed by atoms with Gasteiger partial charge in [0.05, 0.1) is 6.10 Å². The quantitative estimate of drug-likeness (QED) is 0.704. The molecule has 0 aliphatic carbocycles. The number of amides is 1. The molecule has 0 aromatic heterocycles. The number of aliphatic hydroxyl groups is 1. The van der Waals surface area contributed by atoms with E-state index < -0.39 is 24.0 Å². The van der Waals surface area contributed by atoms with E-state index in [1.807, 2.05) is 6.92 Å². The molecule has 5 nitrogen and oxygen atoms in total. The summed E-state index contributed by atoms with van der Waals surface area (Å²) in [5.74, 6) is -1.74. The molecule has 3 N–H and O–H groups in total. The van der Waals surface area contributed by atoms with Crippen LogP contribution in [-0.2, 0) is 4.79 Å². The number of nitrogens with one attached hydrogen (secondary N) is 1. The fraction of sp³-hybridized carbons (Fsp3) is 0.385. The number of carboxylic acids is 1. The van der Waals surface area contributed by atoms with E-state index >= 15 is 0 Å². The first-order valence-electron chi connectivity index (χ1n) is 5.83. The highest BCUT2D eigenvalue weighted by atomic mass is 16.4. The third-order valence-electron chi connectivity index (χ3n) is 2.56. The molecule has 0 saturated carbocycles. The van der Waals surface area contributed by atoms with Crippen molar-refractivity contribution in [1.29, 1.82) is 0 Å². The lowest BCUT2D eigenvalue weighted by atomic mass is 10.1. The Kier molecular flexibility index (Phi) is 5.32. The van der Waals surface area contributed by atoms with Gasteiger partial charge < -0.3 is 15.5 Å². The zero-order valence-electron chi connectivity index (χ0n) is 10.2. The second-order valence-electron chi connectivity index (χ2n) is 4.01. The standard InChI is InChI=1S/C13H17NO4/c1-2-6-10(15)11(13(17)18)14-12(16)9-7-4-3-5-8-9/h3-5,7-8,10-11,15H,2,6H2,1H3,(H,14,16)(H,17,18). The van der Waals surface area contributed by atoms with E-state index in [1.54, 1.807) is 30.3 Å². The van der Waals surface area contributed by atoms with Crippen LogP contribution in [-0.4, -0.2) is 34.2 Å². The van der Waals surface area contributed by atoms with Crippen molar-refractivity contribution in [3.63, 3.8) is 0 Å². The lowest BCUT2D eigenvalue weighted by molar-refractivity contribution is -0.142. The highest BCUT2D eigenvalue weighted by Crippen LogP contribution is 2.05. The van der Waals surface area contributed by atoms with Crippen LogP contribution in [0.15, 0.2) is 30.3 Å². The van der Waals surface area contributed by atoms with Gasteiger partial charge in [0.1, 0.15) is 0 Å². The van der Waals surface area contributed by atoms with E-state index in [0.717, 1.165) is 0 Å². The lowest BCUT2D eigenvalue weighted by Gasteiger charge is -2.19. The van der Waals surface area contributed by atoms with Crippen LogP contribution < -0.4 is 5.32 Å². The maximum atomic E-state index is 11.8. The van der Waals surface area contributed by atoms with Crippen molar-refractivity contribution >= 4 is 11.9 Å². The monoisotopic (exact) mass is 251 g/mol. The van der Waals surface area contributed by atoms with E-state index in [-0.39, 0.29) is 0 Å². The summed E-state index contributed by atoms with van der Waals surface area (Å²) in [5.41, 5.74) is 0.368. The molecule has 0 aliphatic rings. The number of aliphatic hydroxyl groups excluding tert-OH is 1. The number of hydrogen-bond acceptors (Lipinski definition) is 3. The van der Waals surface area contributed by atoms with Crippen LogP contribution >= 0.6 is 0 Å². The van der Waals surface area contributed by atoms with Gasteiger partial charge in [-0.25, -0.2) is 4.79 Å². The molecular weight excluding hydrogens is 234 g/mol. The molecule has 18 heavy (non-hydrogen) atoms. The Balaban J connectivity index is 2.73. The topological polar surface area (TPSA) is 86.6 Å². The summed E-state index contributed by atoms with van der Waals surface area (Å²) >= 11 is 0. The Labute approximate surface area is 105 Å². The van der Waals surface area contributed by atoms with Crippen molar-refractivity contribution in [1.82, 2.24) is 5.32 Å². The molecule has 0 spiro atoms. The predicted octanol–water partition coefficient (Wildman–Crippen LogP) is 1.03. The van der Waals surface area contributed by atoms with Crippen molar-refractivity contribution in [3.05, 3.63) is 35.9 Å². The lowest BCUT2D eigenvalue weighted by Crippen LogP contribution is -2.48. The fourth-order valence-corrected chi connectivity index (χ4v) is 1.60. The predicted molar refractivity (Wildman–Crippen MR) is 66.2 cm³/mol. The van der Waals surface area contributed by atoms with Crippen molar-refractivity contribution in [2.45, 2.75) is 31.9 Å². The van der Waals surface area contributed by atoms with Crippen LogP contribution in [0.5, 0.6) is 0 Å². The zero-order valence-corrected chi connectivity index (χ0v) is 10.2. The highest BCUT2D eigenvalue weighted by molar-refractivity contribution is 5.96. The maximum Gasteiger partial charge on any atom is 0.328 e. The van der Waals surface area contributed by atoms with Crippen molar-refractivity contribution in [2.24, 2.45) is 0 Å². The molecular formula is C13H17NO4. The van der Waals surface area contributed by atoms with Crippen LogP contribution in [0.25, 0.3) is 0 Å². The summed E-state index contributed by atoms with van der Waals surface area (Å²) in [7, 11) is 0. The molecule has 0 bridgehead atoms. The van der Waals surface area contributed by atoms with E-state index in [9.17, 15) is 14.7 Å². The average Bonchev–Trinajstić information content (AvgIpc) is 2.36. The highest BCUT2D eigenvalue weighted by Gasteiger charge is 2.27. The van der Waals surface area contributed by atoms with Gasteiger partial charge in [0.25, 0.3) is 5.91 Å². The van der Waals surface area contributed by atoms with Gasteiger partial charge in [-0.2, -0.15) is 0 Å². The number of carbonyl (C=O) groups is 2. The largest absolute Gasteiger partial charge is 0.480 e. The molecule has 1 aromatic rings. The SMILES string of the molecule is CCCC(O)C(NC(=O)c1ccccc1)C(=O)O. The molecule has 0 fully saturated rings. The minimum Gasteiger partial charge on any atom is -0.480 e. The normalized spacial score (nSPS) is 13.7. The molecule has 1 aromatic carbocycles. The van der Waals surface area contributed by atoms with Gasteiger partial charge >= 0.3 is 5.97 Å². The number of carboxylic acid groups (broad SMARTS) is 1. The Morgan fingerprint density at radius 1 is 1.28 bits per heavy atom. The van der Waals surface area contributed by atoms with Crippen LogP contribution in [0, 0.1) is 0 Å². The van der Waals surface area contributed by atoms with Crippen molar-refractivity contribution < 1.29 is 19.8 Å². The molecule has 0 radical (unpaired) electrons. The summed E-state index contributed by atoms with van der Waals surface area (Å²) in [4.78, 5) is 22.8. The smallest absolute Gasteiger partial charge is 0.328 e. The van der Waals surface area contributed by atoms with Gasteiger partial charge in [-0.05, 0) is 18.6 Å². The Morgan fingerprint density at radius 3 is 2.39 bits per heavy atom. The third-order valence-corrected chi connectivity index (χ3v) is 2.56. The van der Waals surface area contributed by atoms with Gasteiger partial charge in [0.15, 0.2) is 6.04 Å². The van der Waals surface area contributed by atoms with Crippen molar-refractivity contribution in [2.75, 3.05) is 0 Å². The molecule has 0 heterocycles. The first kappa shape index (κ1) is 14.2. The van der Waals surface area contributed by atoms with E-state index in [1.165, 1.54) is 0 Å². The van der Waals surface area contributed by atoms with Crippen LogP contribution in [0.4, 0.5) is 0 Å². The Morgan fingerprint density at radius 2 is 1.89 bits per heavy atom. The minimum atomic E-state index is -1.28. The summed E-state index contributed by atoms with van der Waals surface area (Å²) in [6.07, 6.45) is -0.113. The zero-order chi connectivity index (χ0) is 13.5. The number of aliphatic carboxylic acids is 1. The Bertz CT molecular complexity index is 405. The summed E-state index contributed by atoms with van der Waals surface area (Å²) < 4.78 is 0. The van der Waals surface area contributed by atoms with Gasteiger partial charge in [-0.15, -0.1) is 0 Å². The molecule has 1 amide bonds. The van der Waals surface area contributed by atoms with Gasteiger partial charge in [0, 0.05) is 5.56 Å². The molecule has 98 valence electrons. The van der Waals surface area contributed by atoms with Gasteiger partial charge in [-0.3, -0.25) is 4.79 Å². The summed E-state index contributed by atoms with van der Waals surface area (Å²) in [5, 5.41) is 21.0. The molecule has 2 atom stereocenters. The summed E-state index contributed by atoms with van der Waals surface area (Å²) in [6.45, 7) is 1.83. The molecule has 2 unspecified atom stereocenters. The van der Waals surface area contributed by atoms with Crippen LogP contribution in [0.1, 0.15) is 30.1 Å². The average molecular weight is 251 g/mol. The van der Waals surface area contributed by atoms with Crippen LogP contribution in [0.2, 0.25) is 0 Å². The first-order valence-corrected chi connectivity index (χ1v) is 5.83. The van der Waals surface area contributed by atoms with Crippen molar-refractivity contribution in [3.8, 4) is 0 Å². The summed E-state index contributed by atoms with van der Waals surface area (Å²) in [6, 6.07) is 7.02. The second-order valence-corrected chi connectivity index (χ2v) is 4.01. The van der Waals surface area contributed by atoms with E-state index in [2.05, 4.69) is 5.32 Å². The fourth-order valence-electron chi connectivity index (χ4n) is 1.60. The number of benzene rings is 1. The van der Waals surface area contributed by atoms with Gasteiger partial charge in [0.2, 0.25) is 0 Å². The van der Waals surface area contributed by atoms with E-state index in [0.29, 0.717) is 18.4 Å².